The molecule has 4 aliphatic rings. The van der Waals surface area contributed by atoms with E-state index in [-0.39, 0.29) is 28.7 Å². The highest BCUT2D eigenvalue weighted by atomic mass is 16.2. The number of carbonyl (C=O) groups excluding carboxylic acids is 2. The van der Waals surface area contributed by atoms with Crippen molar-refractivity contribution in [3.05, 3.63) is 69.6 Å². The normalized spacial score (nSPS) is 25.1. The number of benzene rings is 1. The summed E-state index contributed by atoms with van der Waals surface area (Å²) in [5, 5.41) is 0. The van der Waals surface area contributed by atoms with Crippen molar-refractivity contribution in [2.75, 3.05) is 19.6 Å². The third-order valence-electron chi connectivity index (χ3n) is 8.70. The van der Waals surface area contributed by atoms with E-state index in [2.05, 4.69) is 11.0 Å². The van der Waals surface area contributed by atoms with Crippen LogP contribution in [0.25, 0.3) is 0 Å². The molecule has 2 unspecified atom stereocenters. The van der Waals surface area contributed by atoms with E-state index in [1.807, 2.05) is 39.8 Å². The number of hydrogen-bond donors (Lipinski definition) is 0. The minimum absolute atomic E-state index is 0.0735. The van der Waals surface area contributed by atoms with Crippen molar-refractivity contribution in [1.29, 1.82) is 0 Å². The van der Waals surface area contributed by atoms with Crippen molar-refractivity contribution >= 4 is 11.8 Å². The molecule has 3 aliphatic heterocycles. The molecule has 4 heterocycles. The highest BCUT2D eigenvalue weighted by Gasteiger charge is 2.42. The van der Waals surface area contributed by atoms with E-state index in [4.69, 9.17) is 0 Å². The van der Waals surface area contributed by atoms with Gasteiger partial charge < -0.3 is 14.4 Å². The van der Waals surface area contributed by atoms with Crippen LogP contribution in [0.2, 0.25) is 0 Å². The van der Waals surface area contributed by atoms with Crippen molar-refractivity contribution in [1.82, 2.24) is 14.4 Å². The van der Waals surface area contributed by atoms with E-state index in [9.17, 15) is 14.4 Å². The molecule has 6 heteroatoms. The van der Waals surface area contributed by atoms with Gasteiger partial charge in [0.05, 0.1) is 0 Å². The summed E-state index contributed by atoms with van der Waals surface area (Å²) < 4.78 is 1.92. The average molecular weight is 460 g/mol. The Hall–Kier alpha value is -2.89. The zero-order valence-electron chi connectivity index (χ0n) is 19.7. The highest BCUT2D eigenvalue weighted by molar-refractivity contribution is 5.98. The first-order valence-corrected chi connectivity index (χ1v) is 12.9. The summed E-state index contributed by atoms with van der Waals surface area (Å²) in [7, 11) is 0. The second kappa shape index (κ2) is 8.40. The van der Waals surface area contributed by atoms with Gasteiger partial charge in [0.15, 0.2) is 0 Å². The molecule has 1 aliphatic carbocycles. The number of fused-ring (bicyclic) bond motifs is 5. The molecule has 34 heavy (non-hydrogen) atoms. The summed E-state index contributed by atoms with van der Waals surface area (Å²) in [6.45, 7) is 3.47. The Morgan fingerprint density at radius 1 is 0.941 bits per heavy atom. The number of likely N-dealkylation sites (tertiary alicyclic amines) is 1. The molecule has 0 radical (unpaired) electrons. The molecule has 1 saturated carbocycles. The largest absolute Gasteiger partial charge is 0.342 e. The maximum absolute atomic E-state index is 13.7. The molecule has 2 aromatic rings. The first kappa shape index (κ1) is 21.6. The van der Waals surface area contributed by atoms with E-state index < -0.39 is 0 Å². The summed E-state index contributed by atoms with van der Waals surface area (Å²) in [5.74, 6) is 0.921. The van der Waals surface area contributed by atoms with Gasteiger partial charge in [0.25, 0.3) is 11.5 Å². The van der Waals surface area contributed by atoms with Crippen LogP contribution in [0.1, 0.15) is 72.5 Å². The summed E-state index contributed by atoms with van der Waals surface area (Å²) >= 11 is 0. The summed E-state index contributed by atoms with van der Waals surface area (Å²) in [6, 6.07) is 13.4. The van der Waals surface area contributed by atoms with Crippen LogP contribution in [0.3, 0.4) is 0 Å². The Balaban J connectivity index is 1.19. The van der Waals surface area contributed by atoms with Crippen LogP contribution in [0.5, 0.6) is 0 Å². The van der Waals surface area contributed by atoms with Gasteiger partial charge in [-0.2, -0.15) is 0 Å². The molecule has 0 spiro atoms. The number of hydrogen-bond acceptors (Lipinski definition) is 3. The lowest BCUT2D eigenvalue weighted by Gasteiger charge is -2.45. The Morgan fingerprint density at radius 3 is 2.59 bits per heavy atom. The predicted molar refractivity (Wildman–Crippen MR) is 129 cm³/mol. The van der Waals surface area contributed by atoms with Crippen LogP contribution in [0.4, 0.5) is 0 Å². The lowest BCUT2D eigenvalue weighted by atomic mass is 9.71. The first-order chi connectivity index (χ1) is 16.5. The minimum atomic E-state index is -0.131. The van der Waals surface area contributed by atoms with Crippen LogP contribution in [-0.2, 0) is 17.9 Å². The van der Waals surface area contributed by atoms with Crippen molar-refractivity contribution in [2.24, 2.45) is 11.3 Å². The molecule has 2 amide bonds. The monoisotopic (exact) mass is 459 g/mol. The molecule has 0 N–H and O–H groups in total. The van der Waals surface area contributed by atoms with Gasteiger partial charge in [-0.05, 0) is 48.3 Å². The van der Waals surface area contributed by atoms with Crippen LogP contribution in [0.15, 0.2) is 47.3 Å². The van der Waals surface area contributed by atoms with Crippen LogP contribution in [-0.4, -0.2) is 45.8 Å². The van der Waals surface area contributed by atoms with Crippen molar-refractivity contribution in [3.63, 3.8) is 0 Å². The SMILES string of the molecule is O=C(CC1(CN2Cc3ccccc3C2=O)CCCCC1)N1CC2CC(C1)c1cccc(=O)n1C2. The zero-order chi connectivity index (χ0) is 23.3. The second-order valence-electron chi connectivity index (χ2n) is 11.1. The highest BCUT2D eigenvalue weighted by Crippen LogP contribution is 2.43. The van der Waals surface area contributed by atoms with Crippen LogP contribution in [0, 0.1) is 11.3 Å². The fourth-order valence-corrected chi connectivity index (χ4v) is 7.07. The zero-order valence-corrected chi connectivity index (χ0v) is 19.7. The maximum Gasteiger partial charge on any atom is 0.254 e. The third-order valence-corrected chi connectivity index (χ3v) is 8.70. The topological polar surface area (TPSA) is 62.6 Å². The number of piperidine rings is 1. The summed E-state index contributed by atoms with van der Waals surface area (Å²) in [5.41, 5.74) is 2.94. The van der Waals surface area contributed by atoms with Gasteiger partial charge in [-0.1, -0.05) is 43.5 Å². The van der Waals surface area contributed by atoms with Crippen LogP contribution < -0.4 is 5.56 Å². The molecule has 2 fully saturated rings. The third kappa shape index (κ3) is 3.77. The maximum atomic E-state index is 13.7. The van der Waals surface area contributed by atoms with Gasteiger partial charge in [-0.25, -0.2) is 0 Å². The summed E-state index contributed by atoms with van der Waals surface area (Å²) in [6.07, 6.45) is 7.07. The van der Waals surface area contributed by atoms with Crippen molar-refractivity contribution in [2.45, 2.75) is 64.0 Å². The van der Waals surface area contributed by atoms with E-state index >= 15 is 0 Å². The number of pyridine rings is 1. The Morgan fingerprint density at radius 2 is 1.76 bits per heavy atom. The quantitative estimate of drug-likeness (QED) is 0.699. The predicted octanol–water partition coefficient (Wildman–Crippen LogP) is 3.79. The first-order valence-electron chi connectivity index (χ1n) is 12.9. The summed E-state index contributed by atoms with van der Waals surface area (Å²) in [4.78, 5) is 43.2. The van der Waals surface area contributed by atoms with Crippen molar-refractivity contribution in [3.8, 4) is 0 Å². The van der Waals surface area contributed by atoms with Gasteiger partial charge >= 0.3 is 0 Å². The standard InChI is InChI=1S/C28H33N3O3/c32-25-10-6-9-24-22-13-20(16-31(24)25)15-29(18-22)26(33)14-28(11-4-1-5-12-28)19-30-17-21-7-2-3-8-23(21)27(30)34/h2-3,6-10,20,22H,1,4-5,11-19H2. The molecule has 1 saturated heterocycles. The second-order valence-corrected chi connectivity index (χ2v) is 11.1. The number of carbonyl (C=O) groups is 2. The molecule has 1 aromatic heterocycles. The lowest BCUT2D eigenvalue weighted by Crippen LogP contribution is -2.51. The molecule has 178 valence electrons. The molecule has 6 rings (SSSR count). The lowest BCUT2D eigenvalue weighted by molar-refractivity contribution is -0.137. The number of rotatable bonds is 4. The minimum Gasteiger partial charge on any atom is -0.342 e. The molecular weight excluding hydrogens is 426 g/mol. The van der Waals surface area contributed by atoms with E-state index in [0.717, 1.165) is 55.5 Å². The average Bonchev–Trinajstić information content (AvgIpc) is 3.15. The number of amides is 2. The Labute approximate surface area is 200 Å². The smallest absolute Gasteiger partial charge is 0.254 e. The fourth-order valence-electron chi connectivity index (χ4n) is 7.07. The van der Waals surface area contributed by atoms with Gasteiger partial charge in [-0.3, -0.25) is 14.4 Å². The number of nitrogens with zero attached hydrogens (tertiary/aromatic N) is 3. The Kier molecular flexibility index (Phi) is 5.34. The molecule has 2 bridgehead atoms. The van der Waals surface area contributed by atoms with Gasteiger partial charge in [0.2, 0.25) is 5.91 Å². The Bertz CT molecular complexity index is 1180. The van der Waals surface area contributed by atoms with Crippen molar-refractivity contribution < 1.29 is 9.59 Å². The molecule has 6 nitrogen and oxygen atoms in total. The van der Waals surface area contributed by atoms with Gasteiger partial charge in [0, 0.05) is 62.4 Å². The fraction of sp³-hybridized carbons (Fsp3) is 0.536. The van der Waals surface area contributed by atoms with E-state index in [1.165, 1.54) is 6.42 Å². The molecule has 1 aromatic carbocycles. The molecular formula is C28H33N3O3. The van der Waals surface area contributed by atoms with E-state index in [0.29, 0.717) is 38.5 Å². The van der Waals surface area contributed by atoms with E-state index in [1.54, 1.807) is 6.07 Å². The van der Waals surface area contributed by atoms with Gasteiger partial charge in [0.1, 0.15) is 0 Å². The van der Waals surface area contributed by atoms with Gasteiger partial charge in [-0.15, -0.1) is 0 Å². The number of aromatic nitrogens is 1. The van der Waals surface area contributed by atoms with Crippen LogP contribution >= 0.6 is 0 Å². The molecule has 2 atom stereocenters.